The van der Waals surface area contributed by atoms with Crippen LogP contribution >= 0.6 is 23.2 Å². The van der Waals surface area contributed by atoms with E-state index in [-0.39, 0.29) is 0 Å². The van der Waals surface area contributed by atoms with Crippen molar-refractivity contribution in [1.29, 1.82) is 0 Å². The molecule has 2 aromatic carbocycles. The molecule has 100 valence electrons. The van der Waals surface area contributed by atoms with E-state index in [0.29, 0.717) is 26.7 Å². The summed E-state index contributed by atoms with van der Waals surface area (Å²) in [6, 6.07) is 10.5. The summed E-state index contributed by atoms with van der Waals surface area (Å²) in [5.74, 6) is 0. The summed E-state index contributed by atoms with van der Waals surface area (Å²) in [4.78, 5) is 8.51. The first kappa shape index (κ1) is 13.3. The molecule has 1 N–H and O–H groups in total. The third-order valence-electron chi connectivity index (χ3n) is 3.08. The molecule has 0 aliphatic heterocycles. The Morgan fingerprint density at radius 1 is 0.950 bits per heavy atom. The topological polar surface area (TPSA) is 46.0 Å². The summed E-state index contributed by atoms with van der Waals surface area (Å²) in [5.41, 5.74) is 2.58. The highest BCUT2D eigenvalue weighted by Gasteiger charge is 2.17. The van der Waals surface area contributed by atoms with E-state index in [1.165, 1.54) is 0 Å². The van der Waals surface area contributed by atoms with Crippen molar-refractivity contribution in [3.05, 3.63) is 70.0 Å². The Hall–Kier alpha value is -1.68. The number of fused-ring (bicyclic) bond motifs is 1. The van der Waals surface area contributed by atoms with E-state index >= 15 is 0 Å². The van der Waals surface area contributed by atoms with Crippen LogP contribution in [0.2, 0.25) is 10.0 Å². The number of halogens is 2. The summed E-state index contributed by atoms with van der Waals surface area (Å²) in [6.07, 6.45) is 2.31. The third-order valence-corrected chi connectivity index (χ3v) is 3.66. The minimum Gasteiger partial charge on any atom is -0.384 e. The maximum Gasteiger partial charge on any atom is 0.108 e. The summed E-state index contributed by atoms with van der Waals surface area (Å²) < 4.78 is 0. The quantitative estimate of drug-likeness (QED) is 0.778. The molecular formula is C15H10Cl2N2O. The van der Waals surface area contributed by atoms with Gasteiger partial charge in [-0.25, -0.2) is 0 Å². The zero-order valence-corrected chi connectivity index (χ0v) is 11.8. The van der Waals surface area contributed by atoms with E-state index in [2.05, 4.69) is 9.97 Å². The molecule has 1 heterocycles. The van der Waals surface area contributed by atoms with Crippen LogP contribution in [0.4, 0.5) is 0 Å². The number of hydrogen-bond donors (Lipinski definition) is 1. The van der Waals surface area contributed by atoms with E-state index in [0.717, 1.165) is 5.52 Å². The molecule has 1 aromatic heterocycles. The number of para-hydroxylation sites is 1. The molecule has 3 rings (SSSR count). The number of hydrogen-bond acceptors (Lipinski definition) is 3. The largest absolute Gasteiger partial charge is 0.384 e. The first-order chi connectivity index (χ1) is 9.66. The van der Waals surface area contributed by atoms with Gasteiger partial charge in [0.1, 0.15) is 6.10 Å². The maximum atomic E-state index is 10.6. The van der Waals surface area contributed by atoms with Crippen molar-refractivity contribution in [3.8, 4) is 0 Å². The molecule has 5 heteroatoms. The van der Waals surface area contributed by atoms with Crippen LogP contribution in [0.3, 0.4) is 0 Å². The first-order valence-electron chi connectivity index (χ1n) is 5.99. The van der Waals surface area contributed by atoms with Crippen molar-refractivity contribution >= 4 is 34.2 Å². The molecule has 0 aliphatic rings. The molecule has 0 saturated carbocycles. The monoisotopic (exact) mass is 304 g/mol. The minimum atomic E-state index is -0.901. The summed E-state index contributed by atoms with van der Waals surface area (Å²) in [5, 5.41) is 11.6. The summed E-state index contributed by atoms with van der Waals surface area (Å²) in [7, 11) is 0. The maximum absolute atomic E-state index is 10.6. The zero-order chi connectivity index (χ0) is 14.1. The second-order valence-corrected chi connectivity index (χ2v) is 5.18. The van der Waals surface area contributed by atoms with Gasteiger partial charge in [0.05, 0.1) is 11.0 Å². The van der Waals surface area contributed by atoms with Crippen molar-refractivity contribution in [2.45, 2.75) is 6.10 Å². The molecule has 1 unspecified atom stereocenters. The molecule has 0 fully saturated rings. The number of aromatic nitrogens is 2. The molecule has 3 nitrogen and oxygen atoms in total. The lowest BCUT2D eigenvalue weighted by Crippen LogP contribution is -2.02. The van der Waals surface area contributed by atoms with Gasteiger partial charge in [-0.2, -0.15) is 0 Å². The molecular weight excluding hydrogens is 295 g/mol. The molecule has 20 heavy (non-hydrogen) atoms. The lowest BCUT2D eigenvalue weighted by molar-refractivity contribution is 0.222. The van der Waals surface area contributed by atoms with Gasteiger partial charge in [0.15, 0.2) is 0 Å². The predicted octanol–water partition coefficient (Wildman–Crippen LogP) is 4.02. The van der Waals surface area contributed by atoms with Gasteiger partial charge in [-0.3, -0.25) is 9.97 Å². The highest BCUT2D eigenvalue weighted by molar-refractivity contribution is 6.33. The van der Waals surface area contributed by atoms with E-state index in [1.54, 1.807) is 36.7 Å². The standard InChI is InChI=1S/C15H10Cl2N2O/c16-9-4-5-12(17)11(8-9)15(20)10-2-1-3-13-14(10)19-7-6-18-13/h1-8,15,20H. The van der Waals surface area contributed by atoms with Gasteiger partial charge < -0.3 is 5.11 Å². The Bertz CT molecular complexity index is 771. The fourth-order valence-corrected chi connectivity index (χ4v) is 2.53. The Morgan fingerprint density at radius 3 is 2.60 bits per heavy atom. The van der Waals surface area contributed by atoms with Gasteiger partial charge in [0.2, 0.25) is 0 Å². The highest BCUT2D eigenvalue weighted by Crippen LogP contribution is 2.32. The Balaban J connectivity index is 2.17. The van der Waals surface area contributed by atoms with Crippen molar-refractivity contribution < 1.29 is 5.11 Å². The average molecular weight is 305 g/mol. The summed E-state index contributed by atoms with van der Waals surface area (Å²) in [6.45, 7) is 0. The van der Waals surface area contributed by atoms with Gasteiger partial charge in [-0.05, 0) is 24.3 Å². The van der Waals surface area contributed by atoms with Gasteiger partial charge in [-0.15, -0.1) is 0 Å². The molecule has 0 aliphatic carbocycles. The fourth-order valence-electron chi connectivity index (χ4n) is 2.13. The molecule has 0 spiro atoms. The number of rotatable bonds is 2. The normalized spacial score (nSPS) is 12.6. The van der Waals surface area contributed by atoms with Gasteiger partial charge in [-0.1, -0.05) is 35.3 Å². The highest BCUT2D eigenvalue weighted by atomic mass is 35.5. The zero-order valence-electron chi connectivity index (χ0n) is 10.3. The van der Waals surface area contributed by atoms with Crippen molar-refractivity contribution in [1.82, 2.24) is 9.97 Å². The second kappa shape index (κ2) is 5.37. The Morgan fingerprint density at radius 2 is 1.75 bits per heavy atom. The van der Waals surface area contributed by atoms with Crippen LogP contribution in [0.15, 0.2) is 48.8 Å². The number of benzene rings is 2. The average Bonchev–Trinajstić information content (AvgIpc) is 2.48. The van der Waals surface area contributed by atoms with Crippen LogP contribution in [0, 0.1) is 0 Å². The van der Waals surface area contributed by atoms with Gasteiger partial charge >= 0.3 is 0 Å². The smallest absolute Gasteiger partial charge is 0.108 e. The molecule has 0 bridgehead atoms. The molecule has 0 amide bonds. The minimum absolute atomic E-state index is 0.461. The second-order valence-electron chi connectivity index (χ2n) is 4.34. The Kier molecular flexibility index (Phi) is 3.57. The van der Waals surface area contributed by atoms with Gasteiger partial charge in [0.25, 0.3) is 0 Å². The van der Waals surface area contributed by atoms with Crippen LogP contribution in [-0.4, -0.2) is 15.1 Å². The van der Waals surface area contributed by atoms with Crippen LogP contribution in [-0.2, 0) is 0 Å². The van der Waals surface area contributed by atoms with Crippen molar-refractivity contribution in [3.63, 3.8) is 0 Å². The SMILES string of the molecule is OC(c1cc(Cl)ccc1Cl)c1cccc2nccnc12. The lowest BCUT2D eigenvalue weighted by Gasteiger charge is -2.15. The van der Waals surface area contributed by atoms with E-state index in [4.69, 9.17) is 23.2 Å². The molecule has 1 atom stereocenters. The number of nitrogens with zero attached hydrogens (tertiary/aromatic N) is 2. The molecule has 3 aromatic rings. The lowest BCUT2D eigenvalue weighted by atomic mass is 10.00. The fraction of sp³-hybridized carbons (Fsp3) is 0.0667. The van der Waals surface area contributed by atoms with E-state index < -0.39 is 6.10 Å². The van der Waals surface area contributed by atoms with Crippen molar-refractivity contribution in [2.75, 3.05) is 0 Å². The molecule has 0 saturated heterocycles. The number of aliphatic hydroxyl groups excluding tert-OH is 1. The molecule has 0 radical (unpaired) electrons. The van der Waals surface area contributed by atoms with Crippen LogP contribution in [0.1, 0.15) is 17.2 Å². The van der Waals surface area contributed by atoms with Crippen LogP contribution < -0.4 is 0 Å². The predicted molar refractivity (Wildman–Crippen MR) is 80.1 cm³/mol. The van der Waals surface area contributed by atoms with Crippen molar-refractivity contribution in [2.24, 2.45) is 0 Å². The Labute approximate surface area is 125 Å². The number of aliphatic hydroxyl groups is 1. The summed E-state index contributed by atoms with van der Waals surface area (Å²) >= 11 is 12.1. The van der Waals surface area contributed by atoms with Crippen LogP contribution in [0.25, 0.3) is 11.0 Å². The van der Waals surface area contributed by atoms with E-state index in [9.17, 15) is 5.11 Å². The van der Waals surface area contributed by atoms with E-state index in [1.807, 2.05) is 12.1 Å². The third kappa shape index (κ3) is 2.36. The van der Waals surface area contributed by atoms with Gasteiger partial charge in [0, 0.05) is 33.6 Å². The van der Waals surface area contributed by atoms with Crippen LogP contribution in [0.5, 0.6) is 0 Å². The first-order valence-corrected chi connectivity index (χ1v) is 6.75.